The molecule has 2 fully saturated rings. The summed E-state index contributed by atoms with van der Waals surface area (Å²) in [5.41, 5.74) is 2.83. The number of hydrogen-bond acceptors (Lipinski definition) is 4. The van der Waals surface area contributed by atoms with E-state index in [9.17, 15) is 0 Å². The largest absolute Gasteiger partial charge is 0.372 e. The Morgan fingerprint density at radius 1 is 0.833 bits per heavy atom. The second kappa shape index (κ2) is 6.33. The molecule has 2 saturated heterocycles. The van der Waals surface area contributed by atoms with Crippen LogP contribution in [0.5, 0.6) is 0 Å². The van der Waals surface area contributed by atoms with Gasteiger partial charge in [-0.25, -0.2) is 0 Å². The molecule has 2 heterocycles. The highest BCUT2D eigenvalue weighted by molar-refractivity contribution is 7.98. The van der Waals surface area contributed by atoms with Crippen LogP contribution in [0.1, 0.15) is 11.1 Å². The van der Waals surface area contributed by atoms with Gasteiger partial charge in [-0.3, -0.25) is 0 Å². The second-order valence-corrected chi connectivity index (χ2v) is 6.82. The third-order valence-electron chi connectivity index (χ3n) is 2.97. The molecular formula is C14H18O2S2. The zero-order valence-electron chi connectivity index (χ0n) is 10.3. The average Bonchev–Trinajstić information content (AvgIpc) is 3.25. The highest BCUT2D eigenvalue weighted by Gasteiger charge is 2.22. The Morgan fingerprint density at radius 2 is 1.22 bits per heavy atom. The van der Waals surface area contributed by atoms with Gasteiger partial charge in [0.05, 0.1) is 25.4 Å². The van der Waals surface area contributed by atoms with Crippen molar-refractivity contribution >= 4 is 23.5 Å². The standard InChI is InChI=1S/C14H18O2S2/c1-2-12(8-18-10-14-6-16-14)4-3-11(1)7-17-9-13-5-15-13/h1-4,13-14H,5-10H2. The van der Waals surface area contributed by atoms with E-state index in [1.165, 1.54) is 11.1 Å². The fourth-order valence-corrected chi connectivity index (χ4v) is 3.68. The monoisotopic (exact) mass is 282 g/mol. The molecule has 2 unspecified atom stereocenters. The summed E-state index contributed by atoms with van der Waals surface area (Å²) in [6, 6.07) is 9.02. The van der Waals surface area contributed by atoms with Gasteiger partial charge in [0.2, 0.25) is 0 Å². The summed E-state index contributed by atoms with van der Waals surface area (Å²) >= 11 is 3.93. The molecule has 0 aliphatic carbocycles. The minimum atomic E-state index is 0.537. The van der Waals surface area contributed by atoms with Crippen LogP contribution in [0.3, 0.4) is 0 Å². The first-order valence-corrected chi connectivity index (χ1v) is 8.67. The lowest BCUT2D eigenvalue weighted by Crippen LogP contribution is -1.92. The Bertz CT molecular complexity index is 335. The Morgan fingerprint density at radius 3 is 1.56 bits per heavy atom. The molecular weight excluding hydrogens is 264 g/mol. The van der Waals surface area contributed by atoms with Crippen LogP contribution in [-0.2, 0) is 21.0 Å². The van der Waals surface area contributed by atoms with Gasteiger partial charge in [-0.05, 0) is 11.1 Å². The van der Waals surface area contributed by atoms with Crippen LogP contribution in [0.25, 0.3) is 0 Å². The van der Waals surface area contributed by atoms with Crippen molar-refractivity contribution in [3.05, 3.63) is 35.4 Å². The molecule has 1 aromatic rings. The molecule has 4 heteroatoms. The summed E-state index contributed by atoms with van der Waals surface area (Å²) < 4.78 is 10.4. The molecule has 0 N–H and O–H groups in total. The number of thioether (sulfide) groups is 2. The van der Waals surface area contributed by atoms with Crippen LogP contribution in [0.2, 0.25) is 0 Å². The normalized spacial score (nSPS) is 25.1. The van der Waals surface area contributed by atoms with Crippen LogP contribution in [0.15, 0.2) is 24.3 Å². The summed E-state index contributed by atoms with van der Waals surface area (Å²) in [5, 5.41) is 0. The average molecular weight is 282 g/mol. The Hall–Kier alpha value is -0.160. The molecule has 18 heavy (non-hydrogen) atoms. The van der Waals surface area contributed by atoms with Crippen molar-refractivity contribution in [1.82, 2.24) is 0 Å². The molecule has 0 saturated carbocycles. The molecule has 0 radical (unpaired) electrons. The Kier molecular flexibility index (Phi) is 4.52. The van der Waals surface area contributed by atoms with Gasteiger partial charge >= 0.3 is 0 Å². The maximum atomic E-state index is 5.20. The van der Waals surface area contributed by atoms with Crippen LogP contribution in [-0.4, -0.2) is 36.9 Å². The van der Waals surface area contributed by atoms with E-state index < -0.39 is 0 Å². The summed E-state index contributed by atoms with van der Waals surface area (Å²) in [4.78, 5) is 0. The van der Waals surface area contributed by atoms with Crippen molar-refractivity contribution in [2.45, 2.75) is 23.7 Å². The SMILES string of the molecule is c1cc(CSCC2CO2)ccc1CSCC1CO1. The molecule has 2 atom stereocenters. The summed E-state index contributed by atoms with van der Waals surface area (Å²) in [7, 11) is 0. The number of rotatable bonds is 8. The first kappa shape index (κ1) is 12.9. The number of hydrogen-bond donors (Lipinski definition) is 0. The third kappa shape index (κ3) is 4.50. The lowest BCUT2D eigenvalue weighted by atomic mass is 10.2. The van der Waals surface area contributed by atoms with Gasteiger partial charge in [0.25, 0.3) is 0 Å². The van der Waals surface area contributed by atoms with E-state index >= 15 is 0 Å². The summed E-state index contributed by atoms with van der Waals surface area (Å²) in [6.45, 7) is 1.93. The van der Waals surface area contributed by atoms with Crippen molar-refractivity contribution in [3.8, 4) is 0 Å². The number of benzene rings is 1. The maximum Gasteiger partial charge on any atom is 0.0900 e. The minimum Gasteiger partial charge on any atom is -0.372 e. The van der Waals surface area contributed by atoms with Crippen molar-refractivity contribution in [2.24, 2.45) is 0 Å². The van der Waals surface area contributed by atoms with E-state index in [0.717, 1.165) is 36.2 Å². The van der Waals surface area contributed by atoms with Crippen LogP contribution < -0.4 is 0 Å². The highest BCUT2D eigenvalue weighted by atomic mass is 32.2. The van der Waals surface area contributed by atoms with Gasteiger partial charge in [-0.1, -0.05) is 24.3 Å². The summed E-state index contributed by atoms with van der Waals surface area (Å²) in [6.07, 6.45) is 1.07. The smallest absolute Gasteiger partial charge is 0.0900 e. The predicted molar refractivity (Wildman–Crippen MR) is 78.2 cm³/mol. The first-order valence-electron chi connectivity index (χ1n) is 6.36. The van der Waals surface area contributed by atoms with Crippen LogP contribution >= 0.6 is 23.5 Å². The van der Waals surface area contributed by atoms with Gasteiger partial charge in [0.1, 0.15) is 0 Å². The quantitative estimate of drug-likeness (QED) is 0.685. The Labute approximate surface area is 117 Å². The van der Waals surface area contributed by atoms with Crippen molar-refractivity contribution < 1.29 is 9.47 Å². The van der Waals surface area contributed by atoms with E-state index in [0.29, 0.717) is 12.2 Å². The van der Waals surface area contributed by atoms with Crippen LogP contribution in [0, 0.1) is 0 Å². The highest BCUT2D eigenvalue weighted by Crippen LogP contribution is 2.22. The van der Waals surface area contributed by atoms with Gasteiger partial charge in [-0.15, -0.1) is 0 Å². The molecule has 2 aliphatic rings. The van der Waals surface area contributed by atoms with Gasteiger partial charge < -0.3 is 9.47 Å². The van der Waals surface area contributed by atoms with Crippen molar-refractivity contribution in [1.29, 1.82) is 0 Å². The lowest BCUT2D eigenvalue weighted by Gasteiger charge is -2.03. The molecule has 2 nitrogen and oxygen atoms in total. The molecule has 98 valence electrons. The molecule has 0 bridgehead atoms. The fourth-order valence-electron chi connectivity index (χ4n) is 1.68. The van der Waals surface area contributed by atoms with E-state index in [-0.39, 0.29) is 0 Å². The maximum absolute atomic E-state index is 5.20. The van der Waals surface area contributed by atoms with Gasteiger partial charge in [0.15, 0.2) is 0 Å². The molecule has 3 rings (SSSR count). The Balaban J connectivity index is 1.36. The first-order chi connectivity index (χ1) is 8.90. The predicted octanol–water partition coefficient (Wildman–Crippen LogP) is 2.95. The van der Waals surface area contributed by atoms with E-state index in [1.54, 1.807) is 0 Å². The zero-order chi connectivity index (χ0) is 12.2. The lowest BCUT2D eigenvalue weighted by molar-refractivity contribution is 0.426. The molecule has 1 aromatic carbocycles. The number of epoxide rings is 2. The van der Waals surface area contributed by atoms with Crippen molar-refractivity contribution in [3.63, 3.8) is 0 Å². The van der Waals surface area contributed by atoms with Gasteiger partial charge in [0, 0.05) is 23.0 Å². The third-order valence-corrected chi connectivity index (χ3v) is 5.26. The van der Waals surface area contributed by atoms with E-state index in [4.69, 9.17) is 9.47 Å². The zero-order valence-corrected chi connectivity index (χ0v) is 12.0. The fraction of sp³-hybridized carbons (Fsp3) is 0.571. The second-order valence-electron chi connectivity index (χ2n) is 4.76. The van der Waals surface area contributed by atoms with E-state index in [2.05, 4.69) is 24.3 Å². The topological polar surface area (TPSA) is 25.1 Å². The van der Waals surface area contributed by atoms with E-state index in [1.807, 2.05) is 23.5 Å². The molecule has 0 aromatic heterocycles. The molecule has 0 amide bonds. The molecule has 2 aliphatic heterocycles. The minimum absolute atomic E-state index is 0.537. The van der Waals surface area contributed by atoms with Crippen molar-refractivity contribution in [2.75, 3.05) is 24.7 Å². The molecule has 0 spiro atoms. The van der Waals surface area contributed by atoms with Gasteiger partial charge in [-0.2, -0.15) is 23.5 Å². The van der Waals surface area contributed by atoms with Crippen LogP contribution in [0.4, 0.5) is 0 Å². The summed E-state index contributed by atoms with van der Waals surface area (Å²) in [5.74, 6) is 4.48. The number of ether oxygens (including phenoxy) is 2.